The first kappa shape index (κ1) is 12.3. The maximum atomic E-state index is 6.24. The highest BCUT2D eigenvalue weighted by Crippen LogP contribution is 2.28. The molecule has 0 aliphatic rings. The Hall–Kier alpha value is -1.77. The number of aromatic nitrogens is 1. The van der Waals surface area contributed by atoms with Gasteiger partial charge in [0.05, 0.1) is 11.2 Å². The number of nitrogens with zero attached hydrogens (tertiary/aromatic N) is 1. The SMILES string of the molecule is Cc1cn(-c2cccc(Cl)c2CN)c2ccccc12. The molecule has 2 N–H and O–H groups in total. The molecule has 3 rings (SSSR count). The van der Waals surface area contributed by atoms with Crippen molar-refractivity contribution in [2.75, 3.05) is 0 Å². The third kappa shape index (κ3) is 1.93. The Morgan fingerprint density at radius 2 is 1.89 bits per heavy atom. The van der Waals surface area contributed by atoms with Crippen LogP contribution in [0.5, 0.6) is 0 Å². The van der Waals surface area contributed by atoms with Crippen molar-refractivity contribution < 1.29 is 0 Å². The van der Waals surface area contributed by atoms with E-state index in [1.807, 2.05) is 18.2 Å². The van der Waals surface area contributed by atoms with Gasteiger partial charge in [0.15, 0.2) is 0 Å². The van der Waals surface area contributed by atoms with Crippen molar-refractivity contribution in [2.45, 2.75) is 13.5 Å². The molecular formula is C16H15ClN2. The molecule has 0 bridgehead atoms. The minimum absolute atomic E-state index is 0.431. The Morgan fingerprint density at radius 3 is 2.68 bits per heavy atom. The van der Waals surface area contributed by atoms with Crippen LogP contribution in [0.4, 0.5) is 0 Å². The number of rotatable bonds is 2. The number of aryl methyl sites for hydroxylation is 1. The van der Waals surface area contributed by atoms with E-state index in [0.717, 1.165) is 16.3 Å². The van der Waals surface area contributed by atoms with Gasteiger partial charge in [-0.3, -0.25) is 0 Å². The Balaban J connectivity index is 2.34. The van der Waals surface area contributed by atoms with E-state index < -0.39 is 0 Å². The predicted octanol–water partition coefficient (Wildman–Crippen LogP) is 4.05. The molecule has 0 spiro atoms. The summed E-state index contributed by atoms with van der Waals surface area (Å²) in [6, 6.07) is 14.2. The van der Waals surface area contributed by atoms with Crippen molar-refractivity contribution in [2.24, 2.45) is 5.73 Å². The molecule has 0 unspecified atom stereocenters. The van der Waals surface area contributed by atoms with E-state index in [-0.39, 0.29) is 0 Å². The zero-order chi connectivity index (χ0) is 13.4. The van der Waals surface area contributed by atoms with E-state index in [4.69, 9.17) is 17.3 Å². The van der Waals surface area contributed by atoms with Crippen LogP contribution in [-0.2, 0) is 6.54 Å². The van der Waals surface area contributed by atoms with Crippen LogP contribution in [0.2, 0.25) is 5.02 Å². The highest BCUT2D eigenvalue weighted by atomic mass is 35.5. The number of para-hydroxylation sites is 1. The molecule has 0 aliphatic carbocycles. The summed E-state index contributed by atoms with van der Waals surface area (Å²) in [5.74, 6) is 0. The third-order valence-corrected chi connectivity index (χ3v) is 3.82. The van der Waals surface area contributed by atoms with Gasteiger partial charge in [0.25, 0.3) is 0 Å². The minimum Gasteiger partial charge on any atom is -0.326 e. The molecule has 0 saturated heterocycles. The Morgan fingerprint density at radius 1 is 1.11 bits per heavy atom. The van der Waals surface area contributed by atoms with Gasteiger partial charge in [-0.2, -0.15) is 0 Å². The molecule has 2 aromatic carbocycles. The molecule has 3 aromatic rings. The lowest BCUT2D eigenvalue weighted by molar-refractivity contribution is 1.01. The maximum absolute atomic E-state index is 6.24. The van der Waals surface area contributed by atoms with E-state index in [2.05, 4.69) is 42.0 Å². The first-order valence-electron chi connectivity index (χ1n) is 6.27. The molecule has 0 saturated carbocycles. The van der Waals surface area contributed by atoms with Crippen molar-refractivity contribution in [3.8, 4) is 5.69 Å². The molecule has 0 fully saturated rings. The summed E-state index contributed by atoms with van der Waals surface area (Å²) in [5, 5.41) is 1.97. The average Bonchev–Trinajstić information content (AvgIpc) is 2.76. The van der Waals surface area contributed by atoms with Gasteiger partial charge < -0.3 is 10.3 Å². The van der Waals surface area contributed by atoms with Crippen molar-refractivity contribution in [3.63, 3.8) is 0 Å². The van der Waals surface area contributed by atoms with Gasteiger partial charge in [-0.25, -0.2) is 0 Å². The molecule has 0 atom stereocenters. The fourth-order valence-electron chi connectivity index (χ4n) is 2.52. The highest BCUT2D eigenvalue weighted by molar-refractivity contribution is 6.31. The lowest BCUT2D eigenvalue weighted by Gasteiger charge is -2.12. The number of fused-ring (bicyclic) bond motifs is 1. The molecule has 2 nitrogen and oxygen atoms in total. The maximum Gasteiger partial charge on any atom is 0.0531 e. The van der Waals surface area contributed by atoms with Gasteiger partial charge in [-0.15, -0.1) is 0 Å². The normalized spacial score (nSPS) is 11.1. The highest BCUT2D eigenvalue weighted by Gasteiger charge is 2.11. The van der Waals surface area contributed by atoms with Crippen LogP contribution in [-0.4, -0.2) is 4.57 Å². The van der Waals surface area contributed by atoms with Crippen LogP contribution in [0.15, 0.2) is 48.7 Å². The van der Waals surface area contributed by atoms with Crippen LogP contribution >= 0.6 is 11.6 Å². The van der Waals surface area contributed by atoms with Crippen LogP contribution in [0.25, 0.3) is 16.6 Å². The fraction of sp³-hybridized carbons (Fsp3) is 0.125. The zero-order valence-electron chi connectivity index (χ0n) is 10.7. The molecule has 0 amide bonds. The lowest BCUT2D eigenvalue weighted by atomic mass is 10.1. The van der Waals surface area contributed by atoms with E-state index >= 15 is 0 Å². The van der Waals surface area contributed by atoms with Crippen LogP contribution < -0.4 is 5.73 Å². The predicted molar refractivity (Wildman–Crippen MR) is 80.9 cm³/mol. The van der Waals surface area contributed by atoms with Gasteiger partial charge in [0, 0.05) is 28.7 Å². The second-order valence-corrected chi connectivity index (χ2v) is 5.05. The number of halogens is 1. The standard InChI is InChI=1S/C16H15ClN2/c1-11-10-19(15-7-3-2-5-12(11)15)16-8-4-6-14(17)13(16)9-18/h2-8,10H,9,18H2,1H3. The largest absolute Gasteiger partial charge is 0.326 e. The van der Waals surface area contributed by atoms with Gasteiger partial charge in [-0.1, -0.05) is 35.9 Å². The van der Waals surface area contributed by atoms with E-state index in [0.29, 0.717) is 6.54 Å². The molecular weight excluding hydrogens is 256 g/mol. The van der Waals surface area contributed by atoms with Crippen molar-refractivity contribution >= 4 is 22.5 Å². The number of hydrogen-bond acceptors (Lipinski definition) is 1. The Labute approximate surface area is 117 Å². The number of hydrogen-bond donors (Lipinski definition) is 1. The molecule has 19 heavy (non-hydrogen) atoms. The van der Waals surface area contributed by atoms with E-state index in [9.17, 15) is 0 Å². The molecule has 1 heterocycles. The van der Waals surface area contributed by atoms with Gasteiger partial charge in [0.1, 0.15) is 0 Å². The second-order valence-electron chi connectivity index (χ2n) is 4.64. The molecule has 96 valence electrons. The summed E-state index contributed by atoms with van der Waals surface area (Å²) in [4.78, 5) is 0. The van der Waals surface area contributed by atoms with E-state index in [1.165, 1.54) is 16.5 Å². The fourth-order valence-corrected chi connectivity index (χ4v) is 2.77. The van der Waals surface area contributed by atoms with Crippen LogP contribution in [0.1, 0.15) is 11.1 Å². The van der Waals surface area contributed by atoms with Crippen molar-refractivity contribution in [3.05, 3.63) is 64.8 Å². The summed E-state index contributed by atoms with van der Waals surface area (Å²) in [7, 11) is 0. The monoisotopic (exact) mass is 270 g/mol. The molecule has 3 heteroatoms. The van der Waals surface area contributed by atoms with E-state index in [1.54, 1.807) is 0 Å². The summed E-state index contributed by atoms with van der Waals surface area (Å²) < 4.78 is 2.17. The lowest BCUT2D eigenvalue weighted by Crippen LogP contribution is -2.04. The Kier molecular flexibility index (Phi) is 3.05. The molecule has 1 aromatic heterocycles. The summed E-state index contributed by atoms with van der Waals surface area (Å²) in [6.07, 6.45) is 2.13. The van der Waals surface area contributed by atoms with Gasteiger partial charge >= 0.3 is 0 Å². The molecule has 0 aliphatic heterocycles. The number of benzene rings is 2. The smallest absolute Gasteiger partial charge is 0.0531 e. The molecule has 0 radical (unpaired) electrons. The summed E-state index contributed by atoms with van der Waals surface area (Å²) in [5.41, 5.74) is 10.3. The van der Waals surface area contributed by atoms with Crippen molar-refractivity contribution in [1.82, 2.24) is 4.57 Å². The first-order valence-corrected chi connectivity index (χ1v) is 6.64. The summed E-state index contributed by atoms with van der Waals surface area (Å²) in [6.45, 7) is 2.55. The number of nitrogens with two attached hydrogens (primary N) is 1. The van der Waals surface area contributed by atoms with Gasteiger partial charge in [-0.05, 0) is 30.7 Å². The third-order valence-electron chi connectivity index (χ3n) is 3.47. The first-order chi connectivity index (χ1) is 9.22. The van der Waals surface area contributed by atoms with Crippen molar-refractivity contribution in [1.29, 1.82) is 0 Å². The second kappa shape index (κ2) is 4.72. The van der Waals surface area contributed by atoms with Crippen LogP contribution in [0, 0.1) is 6.92 Å². The zero-order valence-corrected chi connectivity index (χ0v) is 11.5. The van der Waals surface area contributed by atoms with Crippen LogP contribution in [0.3, 0.4) is 0 Å². The Bertz CT molecular complexity index is 744. The van der Waals surface area contributed by atoms with Gasteiger partial charge in [0.2, 0.25) is 0 Å². The average molecular weight is 271 g/mol. The minimum atomic E-state index is 0.431. The summed E-state index contributed by atoms with van der Waals surface area (Å²) >= 11 is 6.24. The quantitative estimate of drug-likeness (QED) is 0.748. The topological polar surface area (TPSA) is 30.9 Å².